The van der Waals surface area contributed by atoms with E-state index < -0.39 is 0 Å². The molecule has 5 rings (SSSR count). The number of rotatable bonds is 4. The number of nitrogens with zero attached hydrogens (tertiary/aromatic N) is 6. The highest BCUT2D eigenvalue weighted by Crippen LogP contribution is 2.31. The van der Waals surface area contributed by atoms with Crippen LogP contribution in [0.2, 0.25) is 0 Å². The number of nitrogens with one attached hydrogen (secondary N) is 2. The molecule has 0 bridgehead atoms. The first-order chi connectivity index (χ1) is 16.3. The van der Waals surface area contributed by atoms with Gasteiger partial charge in [0.15, 0.2) is 0 Å². The van der Waals surface area contributed by atoms with Crippen molar-refractivity contribution in [3.8, 4) is 6.01 Å². The number of hydrogen-bond acceptors (Lipinski definition) is 8. The number of aryl methyl sites for hydroxylation is 2. The van der Waals surface area contributed by atoms with Crippen molar-refractivity contribution >= 4 is 39.2 Å². The van der Waals surface area contributed by atoms with Crippen molar-refractivity contribution in [3.63, 3.8) is 0 Å². The van der Waals surface area contributed by atoms with Crippen LogP contribution in [-0.4, -0.2) is 62.9 Å². The maximum Gasteiger partial charge on any atom is 0.316 e. The lowest BCUT2D eigenvalue weighted by Gasteiger charge is -2.38. The summed E-state index contributed by atoms with van der Waals surface area (Å²) in [5, 5.41) is 12.6. The first-order valence-electron chi connectivity index (χ1n) is 11.3. The number of hydrogen-bond donors (Lipinski definition) is 2. The van der Waals surface area contributed by atoms with Crippen molar-refractivity contribution in [1.29, 1.82) is 0 Å². The van der Waals surface area contributed by atoms with Gasteiger partial charge in [-0.2, -0.15) is 10.1 Å². The Morgan fingerprint density at radius 1 is 1.18 bits per heavy atom. The van der Waals surface area contributed by atoms with Crippen LogP contribution in [0.15, 0.2) is 30.6 Å². The Morgan fingerprint density at radius 3 is 2.68 bits per heavy atom. The van der Waals surface area contributed by atoms with Gasteiger partial charge < -0.3 is 20.3 Å². The standard InChI is InChI=1S/C24H28N8O2/c1-13-10-32(11-14(2)26-13)19-7-6-17(22-18(19)9-25-24(29-22)34-5)23(33)28-20-8-16-12-31(4)30-21(16)15(3)27-20/h6-9,12-14,26H,10-11H2,1-5H3,(H,28,33)/t13-,14+. The third kappa shape index (κ3) is 4.01. The molecule has 1 aromatic carbocycles. The SMILES string of the molecule is COc1ncc2c(N3C[C@@H](C)N[C@@H](C)C3)ccc(C(=O)Nc3cc4cn(C)nc4c(C)n3)c2n1. The minimum absolute atomic E-state index is 0.214. The molecule has 2 atom stereocenters. The smallest absolute Gasteiger partial charge is 0.316 e. The van der Waals surface area contributed by atoms with Crippen LogP contribution in [0.5, 0.6) is 6.01 Å². The average molecular weight is 461 g/mol. The van der Waals surface area contributed by atoms with Gasteiger partial charge in [0, 0.05) is 61.1 Å². The van der Waals surface area contributed by atoms with Gasteiger partial charge in [0.2, 0.25) is 0 Å². The van der Waals surface area contributed by atoms with Crippen LogP contribution in [0.3, 0.4) is 0 Å². The van der Waals surface area contributed by atoms with E-state index in [-0.39, 0.29) is 11.9 Å². The molecule has 3 aromatic heterocycles. The van der Waals surface area contributed by atoms with E-state index in [1.165, 1.54) is 7.11 Å². The van der Waals surface area contributed by atoms with Gasteiger partial charge >= 0.3 is 6.01 Å². The van der Waals surface area contributed by atoms with Gasteiger partial charge in [-0.05, 0) is 39.0 Å². The molecule has 1 aliphatic rings. The summed E-state index contributed by atoms with van der Waals surface area (Å²) in [6.07, 6.45) is 3.63. The molecule has 34 heavy (non-hydrogen) atoms. The Hall–Kier alpha value is -3.79. The molecule has 4 aromatic rings. The number of methoxy groups -OCH3 is 1. The molecule has 0 saturated carbocycles. The quantitative estimate of drug-likeness (QED) is 0.478. The van der Waals surface area contributed by atoms with Crippen molar-refractivity contribution in [3.05, 3.63) is 41.9 Å². The number of fused-ring (bicyclic) bond motifs is 2. The Morgan fingerprint density at radius 2 is 1.94 bits per heavy atom. The lowest BCUT2D eigenvalue weighted by Crippen LogP contribution is -2.54. The van der Waals surface area contributed by atoms with Crippen LogP contribution < -0.4 is 20.3 Å². The molecule has 0 unspecified atom stereocenters. The highest BCUT2D eigenvalue weighted by Gasteiger charge is 2.25. The summed E-state index contributed by atoms with van der Waals surface area (Å²) in [6.45, 7) is 7.92. The lowest BCUT2D eigenvalue weighted by molar-refractivity contribution is 0.102. The fraction of sp³-hybridized carbons (Fsp3) is 0.375. The van der Waals surface area contributed by atoms with Gasteiger partial charge in [0.05, 0.1) is 23.9 Å². The number of pyridine rings is 1. The summed E-state index contributed by atoms with van der Waals surface area (Å²) in [4.78, 5) is 29.1. The molecule has 0 radical (unpaired) electrons. The highest BCUT2D eigenvalue weighted by molar-refractivity contribution is 6.13. The topological polar surface area (TPSA) is 110 Å². The van der Waals surface area contributed by atoms with E-state index in [1.54, 1.807) is 10.9 Å². The van der Waals surface area contributed by atoms with E-state index in [9.17, 15) is 4.79 Å². The number of carbonyl (C=O) groups is 1. The molecule has 2 N–H and O–H groups in total. The fourth-order valence-electron chi connectivity index (χ4n) is 4.72. The molecule has 1 saturated heterocycles. The average Bonchev–Trinajstić information content (AvgIpc) is 3.18. The molecule has 0 aliphatic carbocycles. The monoisotopic (exact) mass is 460 g/mol. The largest absolute Gasteiger partial charge is 0.467 e. The third-order valence-electron chi connectivity index (χ3n) is 6.05. The molecule has 1 fully saturated rings. The van der Waals surface area contributed by atoms with Gasteiger partial charge in [-0.1, -0.05) is 0 Å². The van der Waals surface area contributed by atoms with Gasteiger partial charge in [-0.15, -0.1) is 0 Å². The van der Waals surface area contributed by atoms with Crippen LogP contribution in [0.25, 0.3) is 21.8 Å². The number of amides is 1. The summed E-state index contributed by atoms with van der Waals surface area (Å²) in [5.74, 6) is 0.167. The second kappa shape index (κ2) is 8.53. The van der Waals surface area contributed by atoms with E-state index in [4.69, 9.17) is 4.74 Å². The maximum atomic E-state index is 13.4. The van der Waals surface area contributed by atoms with Crippen LogP contribution in [-0.2, 0) is 7.05 Å². The number of ether oxygens (including phenoxy) is 1. The summed E-state index contributed by atoms with van der Waals surface area (Å²) >= 11 is 0. The molecule has 10 heteroatoms. The van der Waals surface area contributed by atoms with Gasteiger partial charge in [-0.25, -0.2) is 9.97 Å². The van der Waals surface area contributed by atoms with E-state index in [0.717, 1.165) is 40.8 Å². The zero-order chi connectivity index (χ0) is 24.0. The molecule has 0 spiro atoms. The van der Waals surface area contributed by atoms with Crippen LogP contribution >= 0.6 is 0 Å². The minimum Gasteiger partial charge on any atom is -0.467 e. The minimum atomic E-state index is -0.297. The molecule has 176 valence electrons. The second-order valence-corrected chi connectivity index (χ2v) is 8.91. The van der Waals surface area contributed by atoms with E-state index >= 15 is 0 Å². The number of piperazine rings is 1. The van der Waals surface area contributed by atoms with Gasteiger partial charge in [0.1, 0.15) is 11.3 Å². The molecular weight excluding hydrogens is 432 g/mol. The first kappa shape index (κ1) is 22.0. The number of benzene rings is 1. The number of carbonyl (C=O) groups excluding carboxylic acids is 1. The predicted molar refractivity (Wildman–Crippen MR) is 132 cm³/mol. The normalized spacial score (nSPS) is 18.4. The summed E-state index contributed by atoms with van der Waals surface area (Å²) < 4.78 is 7.00. The fourth-order valence-corrected chi connectivity index (χ4v) is 4.72. The van der Waals surface area contributed by atoms with Crippen LogP contribution in [0, 0.1) is 6.92 Å². The van der Waals surface area contributed by atoms with Gasteiger partial charge in [-0.3, -0.25) is 9.48 Å². The van der Waals surface area contributed by atoms with Crippen molar-refractivity contribution in [2.45, 2.75) is 32.9 Å². The maximum absolute atomic E-state index is 13.4. The summed E-state index contributed by atoms with van der Waals surface area (Å²) in [5.41, 5.74) is 3.54. The predicted octanol–water partition coefficient (Wildman–Crippen LogP) is 2.67. The van der Waals surface area contributed by atoms with Crippen LogP contribution in [0.4, 0.5) is 11.5 Å². The Labute approximate surface area is 197 Å². The molecule has 4 heterocycles. The van der Waals surface area contributed by atoms with E-state index in [1.807, 2.05) is 38.4 Å². The Bertz CT molecular complexity index is 1390. The molecule has 1 amide bonds. The zero-order valence-electron chi connectivity index (χ0n) is 20.0. The Kier molecular flexibility index (Phi) is 5.52. The third-order valence-corrected chi connectivity index (χ3v) is 6.05. The molecule has 1 aliphatic heterocycles. The zero-order valence-corrected chi connectivity index (χ0v) is 20.0. The highest BCUT2D eigenvalue weighted by atomic mass is 16.5. The van der Waals surface area contributed by atoms with E-state index in [2.05, 4.69) is 49.4 Å². The Balaban J connectivity index is 1.54. The number of aromatic nitrogens is 5. The van der Waals surface area contributed by atoms with Crippen molar-refractivity contribution < 1.29 is 9.53 Å². The van der Waals surface area contributed by atoms with Crippen molar-refractivity contribution in [2.24, 2.45) is 7.05 Å². The second-order valence-electron chi connectivity index (χ2n) is 8.91. The van der Waals surface area contributed by atoms with Gasteiger partial charge in [0.25, 0.3) is 5.91 Å². The van der Waals surface area contributed by atoms with Crippen molar-refractivity contribution in [2.75, 3.05) is 30.4 Å². The van der Waals surface area contributed by atoms with E-state index in [0.29, 0.717) is 29.0 Å². The molecule has 10 nitrogen and oxygen atoms in total. The van der Waals surface area contributed by atoms with Crippen molar-refractivity contribution in [1.82, 2.24) is 30.0 Å². The lowest BCUT2D eigenvalue weighted by atomic mass is 10.0. The summed E-state index contributed by atoms with van der Waals surface area (Å²) in [6, 6.07) is 6.51. The first-order valence-corrected chi connectivity index (χ1v) is 11.3. The number of anilines is 2. The summed E-state index contributed by atoms with van der Waals surface area (Å²) in [7, 11) is 3.37. The molecular formula is C24H28N8O2. The van der Waals surface area contributed by atoms with Crippen LogP contribution in [0.1, 0.15) is 29.9 Å².